The van der Waals surface area contributed by atoms with Crippen LogP contribution in [0.5, 0.6) is 0 Å². The van der Waals surface area contributed by atoms with E-state index in [9.17, 15) is 0 Å². The smallest absolute Gasteiger partial charge is 0.0221 e. The van der Waals surface area contributed by atoms with Crippen molar-refractivity contribution in [3.8, 4) is 0 Å². The molecule has 11 heavy (non-hydrogen) atoms. The highest BCUT2D eigenvalue weighted by atomic mass is 15.2. The second-order valence-corrected chi connectivity index (χ2v) is 4.05. The largest absolute Gasteiger partial charge is 0.315 e. The summed E-state index contributed by atoms with van der Waals surface area (Å²) in [6.07, 6.45) is 2.83. The van der Waals surface area contributed by atoms with Gasteiger partial charge in [-0.15, -0.1) is 0 Å². The van der Waals surface area contributed by atoms with Crippen molar-refractivity contribution in [3.05, 3.63) is 0 Å². The lowest BCUT2D eigenvalue weighted by Crippen LogP contribution is -2.34. The van der Waals surface area contributed by atoms with Crippen LogP contribution in [-0.2, 0) is 0 Å². The Labute approximate surface area is 69.0 Å². The minimum atomic E-state index is 0.845. The Morgan fingerprint density at radius 2 is 2.27 bits per heavy atom. The van der Waals surface area contributed by atoms with Crippen LogP contribution in [-0.4, -0.2) is 37.1 Å². The summed E-state index contributed by atoms with van der Waals surface area (Å²) in [7, 11) is 0. The van der Waals surface area contributed by atoms with Crippen LogP contribution in [0, 0.1) is 5.92 Å². The zero-order valence-electron chi connectivity index (χ0n) is 7.34. The molecule has 0 aromatic carbocycles. The molecule has 2 fully saturated rings. The van der Waals surface area contributed by atoms with Crippen molar-refractivity contribution in [2.45, 2.75) is 25.8 Å². The first-order valence-corrected chi connectivity index (χ1v) is 4.81. The van der Waals surface area contributed by atoms with E-state index in [1.54, 1.807) is 0 Å². The predicted octanol–water partition coefficient (Wildman–Crippen LogP) is 0.690. The van der Waals surface area contributed by atoms with Crippen LogP contribution in [0.3, 0.4) is 0 Å². The molecule has 0 aliphatic carbocycles. The van der Waals surface area contributed by atoms with Crippen molar-refractivity contribution in [3.63, 3.8) is 0 Å². The van der Waals surface area contributed by atoms with Crippen molar-refractivity contribution in [1.82, 2.24) is 10.2 Å². The lowest BCUT2D eigenvalue weighted by molar-refractivity contribution is 0.247. The quantitative estimate of drug-likeness (QED) is 0.552. The monoisotopic (exact) mass is 154 g/mol. The Morgan fingerprint density at radius 3 is 3.18 bits per heavy atom. The number of nitrogens with one attached hydrogen (secondary N) is 1. The van der Waals surface area contributed by atoms with Gasteiger partial charge in [0.1, 0.15) is 0 Å². The third-order valence-electron chi connectivity index (χ3n) is 2.92. The maximum absolute atomic E-state index is 3.53. The zero-order chi connectivity index (χ0) is 7.68. The molecule has 0 amide bonds. The van der Waals surface area contributed by atoms with Crippen molar-refractivity contribution >= 4 is 0 Å². The fraction of sp³-hybridized carbons (Fsp3) is 1.00. The SMILES string of the molecule is CC1CNC[C@@H]2CCCN2C1. The maximum atomic E-state index is 3.53. The average Bonchev–Trinajstić information content (AvgIpc) is 2.31. The van der Waals surface area contributed by atoms with E-state index in [1.807, 2.05) is 0 Å². The van der Waals surface area contributed by atoms with Gasteiger partial charge in [-0.25, -0.2) is 0 Å². The standard InChI is InChI=1S/C9H18N2/c1-8-5-10-6-9-3-2-4-11(9)7-8/h8-10H,2-7H2,1H3/t8?,9-/m0/s1. The molecule has 2 saturated heterocycles. The Bertz CT molecular complexity index is 136. The van der Waals surface area contributed by atoms with Gasteiger partial charge in [0.2, 0.25) is 0 Å². The summed E-state index contributed by atoms with van der Waals surface area (Å²) in [5.74, 6) is 0.845. The van der Waals surface area contributed by atoms with Gasteiger partial charge in [0.05, 0.1) is 0 Å². The number of hydrogen-bond acceptors (Lipinski definition) is 2. The molecular weight excluding hydrogens is 136 g/mol. The van der Waals surface area contributed by atoms with Crippen LogP contribution < -0.4 is 5.32 Å². The Kier molecular flexibility index (Phi) is 2.14. The summed E-state index contributed by atoms with van der Waals surface area (Å²) in [4.78, 5) is 2.66. The molecule has 0 aromatic heterocycles. The molecule has 2 nitrogen and oxygen atoms in total. The second kappa shape index (κ2) is 3.11. The van der Waals surface area contributed by atoms with Crippen molar-refractivity contribution in [2.24, 2.45) is 5.92 Å². The van der Waals surface area contributed by atoms with Gasteiger partial charge >= 0.3 is 0 Å². The van der Waals surface area contributed by atoms with E-state index >= 15 is 0 Å². The summed E-state index contributed by atoms with van der Waals surface area (Å²) in [5.41, 5.74) is 0. The van der Waals surface area contributed by atoms with Crippen LogP contribution in [0.25, 0.3) is 0 Å². The van der Waals surface area contributed by atoms with E-state index in [2.05, 4.69) is 17.1 Å². The van der Waals surface area contributed by atoms with Crippen LogP contribution in [0.2, 0.25) is 0 Å². The molecule has 1 N–H and O–H groups in total. The highest BCUT2D eigenvalue weighted by molar-refractivity contribution is 4.84. The summed E-state index contributed by atoms with van der Waals surface area (Å²) in [5, 5.41) is 3.53. The molecule has 2 heteroatoms. The molecule has 2 aliphatic rings. The maximum Gasteiger partial charge on any atom is 0.0221 e. The molecule has 0 aromatic rings. The molecule has 0 bridgehead atoms. The summed E-state index contributed by atoms with van der Waals surface area (Å²) in [6.45, 7) is 7.44. The van der Waals surface area contributed by atoms with E-state index in [-0.39, 0.29) is 0 Å². The Hall–Kier alpha value is -0.0800. The Balaban J connectivity index is 1.98. The number of nitrogens with zero attached hydrogens (tertiary/aromatic N) is 1. The topological polar surface area (TPSA) is 15.3 Å². The molecule has 2 heterocycles. The van der Waals surface area contributed by atoms with Gasteiger partial charge in [-0.05, 0) is 31.8 Å². The molecule has 2 atom stereocenters. The summed E-state index contributed by atoms with van der Waals surface area (Å²) < 4.78 is 0. The Morgan fingerprint density at radius 1 is 1.36 bits per heavy atom. The predicted molar refractivity (Wildman–Crippen MR) is 46.6 cm³/mol. The molecular formula is C9H18N2. The third-order valence-corrected chi connectivity index (χ3v) is 2.92. The molecule has 2 rings (SSSR count). The average molecular weight is 154 g/mol. The van der Waals surface area contributed by atoms with E-state index < -0.39 is 0 Å². The third kappa shape index (κ3) is 1.57. The lowest BCUT2D eigenvalue weighted by Gasteiger charge is -2.22. The van der Waals surface area contributed by atoms with Gasteiger partial charge in [0, 0.05) is 19.1 Å². The van der Waals surface area contributed by atoms with Crippen LogP contribution >= 0.6 is 0 Å². The van der Waals surface area contributed by atoms with Gasteiger partial charge in [0.15, 0.2) is 0 Å². The highest BCUT2D eigenvalue weighted by Gasteiger charge is 2.27. The molecule has 1 unspecified atom stereocenters. The van der Waals surface area contributed by atoms with E-state index in [0.717, 1.165) is 12.0 Å². The minimum absolute atomic E-state index is 0.845. The van der Waals surface area contributed by atoms with Crippen molar-refractivity contribution in [2.75, 3.05) is 26.2 Å². The van der Waals surface area contributed by atoms with Crippen LogP contribution in [0.4, 0.5) is 0 Å². The second-order valence-electron chi connectivity index (χ2n) is 4.05. The van der Waals surface area contributed by atoms with E-state index in [0.29, 0.717) is 0 Å². The lowest BCUT2D eigenvalue weighted by atomic mass is 10.2. The van der Waals surface area contributed by atoms with Gasteiger partial charge in [-0.3, -0.25) is 4.90 Å². The van der Waals surface area contributed by atoms with Gasteiger partial charge < -0.3 is 5.32 Å². The van der Waals surface area contributed by atoms with E-state index in [4.69, 9.17) is 0 Å². The molecule has 0 spiro atoms. The highest BCUT2D eigenvalue weighted by Crippen LogP contribution is 2.19. The molecule has 0 saturated carbocycles. The van der Waals surface area contributed by atoms with Crippen molar-refractivity contribution < 1.29 is 0 Å². The first kappa shape index (κ1) is 7.56. The number of rotatable bonds is 0. The number of hydrogen-bond donors (Lipinski definition) is 1. The van der Waals surface area contributed by atoms with Gasteiger partial charge in [0.25, 0.3) is 0 Å². The first-order chi connectivity index (χ1) is 5.36. The van der Waals surface area contributed by atoms with Gasteiger partial charge in [-0.2, -0.15) is 0 Å². The molecule has 0 radical (unpaired) electrons. The summed E-state index contributed by atoms with van der Waals surface area (Å²) in [6, 6.07) is 0.861. The fourth-order valence-electron chi connectivity index (χ4n) is 2.33. The first-order valence-electron chi connectivity index (χ1n) is 4.81. The number of fused-ring (bicyclic) bond motifs is 1. The zero-order valence-corrected chi connectivity index (χ0v) is 7.34. The molecule has 64 valence electrons. The van der Waals surface area contributed by atoms with Gasteiger partial charge in [-0.1, -0.05) is 6.92 Å². The minimum Gasteiger partial charge on any atom is -0.315 e. The summed E-state index contributed by atoms with van der Waals surface area (Å²) >= 11 is 0. The molecule has 2 aliphatic heterocycles. The van der Waals surface area contributed by atoms with E-state index in [1.165, 1.54) is 39.0 Å². The van der Waals surface area contributed by atoms with Crippen LogP contribution in [0.1, 0.15) is 19.8 Å². The van der Waals surface area contributed by atoms with Crippen molar-refractivity contribution in [1.29, 1.82) is 0 Å². The normalized spacial score (nSPS) is 40.1. The fourth-order valence-corrected chi connectivity index (χ4v) is 2.33. The van der Waals surface area contributed by atoms with Crippen LogP contribution in [0.15, 0.2) is 0 Å².